The van der Waals surface area contributed by atoms with Crippen molar-refractivity contribution in [2.45, 2.75) is 10.3 Å². The molecular weight excluding hydrogens is 214 g/mol. The molecule has 15 heavy (non-hydrogen) atoms. The van der Waals surface area contributed by atoms with Crippen LogP contribution in [0, 0.1) is 0 Å². The Labute approximate surface area is 89.0 Å². The van der Waals surface area contributed by atoms with Crippen LogP contribution in [0.2, 0.25) is 0 Å². The molecule has 0 aliphatic rings. The predicted octanol–water partition coefficient (Wildman–Crippen LogP) is 0.293. The zero-order valence-corrected chi connectivity index (χ0v) is 8.36. The minimum atomic E-state index is -0.206. The van der Waals surface area contributed by atoms with E-state index in [1.165, 1.54) is 36.4 Å². The van der Waals surface area contributed by atoms with Gasteiger partial charge in [0.2, 0.25) is 0 Å². The first-order valence-electron chi connectivity index (χ1n) is 4.05. The van der Waals surface area contributed by atoms with Crippen LogP contribution in [-0.4, -0.2) is 19.9 Å². The zero-order valence-electron chi connectivity index (χ0n) is 7.54. The SMILES string of the molecule is Nc1cnc(Sc2nccc(=O)[nH]2)nc1. The number of hydrogen-bond acceptors (Lipinski definition) is 6. The fourth-order valence-corrected chi connectivity index (χ4v) is 1.52. The summed E-state index contributed by atoms with van der Waals surface area (Å²) in [4.78, 5) is 25.4. The van der Waals surface area contributed by atoms with Gasteiger partial charge in [0.15, 0.2) is 10.3 Å². The molecule has 0 aliphatic heterocycles. The molecule has 0 atom stereocenters. The van der Waals surface area contributed by atoms with Crippen LogP contribution in [0.3, 0.4) is 0 Å². The molecule has 2 heterocycles. The Hall–Kier alpha value is -1.89. The van der Waals surface area contributed by atoms with E-state index in [-0.39, 0.29) is 5.56 Å². The first-order valence-corrected chi connectivity index (χ1v) is 4.86. The summed E-state index contributed by atoms with van der Waals surface area (Å²) in [7, 11) is 0. The van der Waals surface area contributed by atoms with Crippen molar-refractivity contribution in [1.29, 1.82) is 0 Å². The monoisotopic (exact) mass is 221 g/mol. The second kappa shape index (κ2) is 4.09. The van der Waals surface area contributed by atoms with Crippen molar-refractivity contribution in [3.8, 4) is 0 Å². The molecule has 6 nitrogen and oxygen atoms in total. The quantitative estimate of drug-likeness (QED) is 0.707. The number of nitrogens with one attached hydrogen (secondary N) is 1. The Bertz CT molecular complexity index is 509. The number of aromatic amines is 1. The highest BCUT2D eigenvalue weighted by atomic mass is 32.2. The van der Waals surface area contributed by atoms with Gasteiger partial charge >= 0.3 is 0 Å². The van der Waals surface area contributed by atoms with E-state index in [1.54, 1.807) is 0 Å². The van der Waals surface area contributed by atoms with Crippen LogP contribution >= 0.6 is 11.8 Å². The molecular formula is C8H7N5OS. The maximum atomic E-state index is 11.0. The highest BCUT2D eigenvalue weighted by molar-refractivity contribution is 7.99. The van der Waals surface area contributed by atoms with Gasteiger partial charge < -0.3 is 10.7 Å². The van der Waals surface area contributed by atoms with E-state index in [0.29, 0.717) is 16.0 Å². The summed E-state index contributed by atoms with van der Waals surface area (Å²) in [5, 5.41) is 0.936. The van der Waals surface area contributed by atoms with E-state index < -0.39 is 0 Å². The zero-order chi connectivity index (χ0) is 10.7. The number of hydrogen-bond donors (Lipinski definition) is 2. The summed E-state index contributed by atoms with van der Waals surface area (Å²) >= 11 is 1.17. The molecule has 0 unspecified atom stereocenters. The van der Waals surface area contributed by atoms with E-state index >= 15 is 0 Å². The van der Waals surface area contributed by atoms with Gasteiger partial charge in [-0.3, -0.25) is 4.79 Å². The van der Waals surface area contributed by atoms with Gasteiger partial charge in [-0.15, -0.1) is 0 Å². The molecule has 0 aromatic carbocycles. The summed E-state index contributed by atoms with van der Waals surface area (Å²) in [5.74, 6) is 0. The van der Waals surface area contributed by atoms with Gasteiger partial charge in [0.1, 0.15) is 0 Å². The second-order valence-corrected chi connectivity index (χ2v) is 3.60. The van der Waals surface area contributed by atoms with Crippen molar-refractivity contribution in [2.75, 3.05) is 5.73 Å². The van der Waals surface area contributed by atoms with E-state index in [1.807, 2.05) is 0 Å². The van der Waals surface area contributed by atoms with Crippen LogP contribution in [0.4, 0.5) is 5.69 Å². The molecule has 2 rings (SSSR count). The molecule has 0 spiro atoms. The number of nitrogen functional groups attached to an aromatic ring is 1. The standard InChI is InChI=1S/C8H7N5OS/c9-5-3-11-7(12-4-5)15-8-10-2-1-6(14)13-8/h1-4H,9H2,(H,10,13,14). The first kappa shape index (κ1) is 9.66. The number of H-pyrrole nitrogens is 1. The normalized spacial score (nSPS) is 10.1. The Morgan fingerprint density at radius 3 is 2.67 bits per heavy atom. The molecule has 0 aliphatic carbocycles. The van der Waals surface area contributed by atoms with Gasteiger partial charge in [0, 0.05) is 12.3 Å². The van der Waals surface area contributed by atoms with Crippen molar-refractivity contribution in [3.05, 3.63) is 35.0 Å². The molecule has 0 fully saturated rings. The van der Waals surface area contributed by atoms with Gasteiger partial charge in [-0.25, -0.2) is 15.0 Å². The summed E-state index contributed by atoms with van der Waals surface area (Å²) in [6.45, 7) is 0. The summed E-state index contributed by atoms with van der Waals surface area (Å²) < 4.78 is 0. The third-order valence-electron chi connectivity index (χ3n) is 1.48. The smallest absolute Gasteiger partial charge is 0.251 e. The second-order valence-electron chi connectivity index (χ2n) is 2.64. The Morgan fingerprint density at radius 2 is 2.00 bits per heavy atom. The lowest BCUT2D eigenvalue weighted by atomic mass is 10.6. The van der Waals surface area contributed by atoms with E-state index in [4.69, 9.17) is 5.73 Å². The molecule has 76 valence electrons. The molecule has 2 aromatic rings. The molecule has 0 bridgehead atoms. The number of aromatic nitrogens is 4. The van der Waals surface area contributed by atoms with Crippen LogP contribution < -0.4 is 11.3 Å². The lowest BCUT2D eigenvalue weighted by molar-refractivity contribution is 0.911. The average Bonchev–Trinajstić information content (AvgIpc) is 2.22. The van der Waals surface area contributed by atoms with Crippen molar-refractivity contribution in [3.63, 3.8) is 0 Å². The summed E-state index contributed by atoms with van der Waals surface area (Å²) in [5.41, 5.74) is 5.73. The molecule has 0 amide bonds. The van der Waals surface area contributed by atoms with Crippen molar-refractivity contribution < 1.29 is 0 Å². The van der Waals surface area contributed by atoms with E-state index in [2.05, 4.69) is 19.9 Å². The lowest BCUT2D eigenvalue weighted by Gasteiger charge is -1.98. The predicted molar refractivity (Wildman–Crippen MR) is 55.4 cm³/mol. The molecule has 0 radical (unpaired) electrons. The molecule has 0 saturated heterocycles. The molecule has 3 N–H and O–H groups in total. The summed E-state index contributed by atoms with van der Waals surface area (Å²) in [6, 6.07) is 1.34. The third kappa shape index (κ3) is 2.53. The lowest BCUT2D eigenvalue weighted by Crippen LogP contribution is -2.05. The Balaban J connectivity index is 2.22. The van der Waals surface area contributed by atoms with Crippen LogP contribution in [-0.2, 0) is 0 Å². The average molecular weight is 221 g/mol. The van der Waals surface area contributed by atoms with E-state index in [9.17, 15) is 4.79 Å². The summed E-state index contributed by atoms with van der Waals surface area (Å²) in [6.07, 6.45) is 4.42. The largest absolute Gasteiger partial charge is 0.396 e. The molecule has 0 saturated carbocycles. The highest BCUT2D eigenvalue weighted by Gasteiger charge is 2.01. The Kier molecular flexibility index (Phi) is 2.64. The minimum Gasteiger partial charge on any atom is -0.396 e. The molecule has 7 heteroatoms. The molecule has 2 aromatic heterocycles. The minimum absolute atomic E-state index is 0.206. The van der Waals surface area contributed by atoms with Crippen LogP contribution in [0.1, 0.15) is 0 Å². The van der Waals surface area contributed by atoms with Crippen molar-refractivity contribution in [2.24, 2.45) is 0 Å². The van der Waals surface area contributed by atoms with E-state index in [0.717, 1.165) is 0 Å². The Morgan fingerprint density at radius 1 is 1.27 bits per heavy atom. The van der Waals surface area contributed by atoms with Gasteiger partial charge in [-0.2, -0.15) is 0 Å². The number of nitrogens with zero attached hydrogens (tertiary/aromatic N) is 3. The number of anilines is 1. The number of rotatable bonds is 2. The van der Waals surface area contributed by atoms with Gasteiger partial charge in [-0.05, 0) is 11.8 Å². The van der Waals surface area contributed by atoms with Crippen LogP contribution in [0.25, 0.3) is 0 Å². The van der Waals surface area contributed by atoms with Crippen LogP contribution in [0.5, 0.6) is 0 Å². The van der Waals surface area contributed by atoms with Crippen molar-refractivity contribution >= 4 is 17.4 Å². The highest BCUT2D eigenvalue weighted by Crippen LogP contribution is 2.18. The number of nitrogens with two attached hydrogens (primary N) is 1. The topological polar surface area (TPSA) is 97.5 Å². The first-order chi connectivity index (χ1) is 7.24. The van der Waals surface area contributed by atoms with Gasteiger partial charge in [-0.1, -0.05) is 0 Å². The van der Waals surface area contributed by atoms with Gasteiger partial charge in [0.05, 0.1) is 18.1 Å². The van der Waals surface area contributed by atoms with Crippen LogP contribution in [0.15, 0.2) is 39.8 Å². The third-order valence-corrected chi connectivity index (χ3v) is 2.28. The maximum Gasteiger partial charge on any atom is 0.251 e. The van der Waals surface area contributed by atoms with Crippen molar-refractivity contribution in [1.82, 2.24) is 19.9 Å². The fraction of sp³-hybridized carbons (Fsp3) is 0. The fourth-order valence-electron chi connectivity index (χ4n) is 0.869. The van der Waals surface area contributed by atoms with Gasteiger partial charge in [0.25, 0.3) is 5.56 Å². The maximum absolute atomic E-state index is 11.0.